The van der Waals surface area contributed by atoms with Crippen LogP contribution < -0.4 is 9.47 Å². The number of rotatable bonds is 6. The number of alkyl halides is 2. The van der Waals surface area contributed by atoms with E-state index in [-0.39, 0.29) is 12.5 Å². The van der Waals surface area contributed by atoms with Gasteiger partial charge in [-0.15, -0.1) is 0 Å². The van der Waals surface area contributed by atoms with Crippen LogP contribution in [0.15, 0.2) is 24.3 Å². The first-order chi connectivity index (χ1) is 7.61. The van der Waals surface area contributed by atoms with Gasteiger partial charge in [0.15, 0.2) is 0 Å². The van der Waals surface area contributed by atoms with Crippen LogP contribution in [0.5, 0.6) is 11.5 Å². The Bertz CT molecular complexity index is 316. The largest absolute Gasteiger partial charge is 0.497 e. The molecular formula is C12H15F2O2. The molecule has 1 atom stereocenters. The molecule has 0 saturated heterocycles. The van der Waals surface area contributed by atoms with Crippen molar-refractivity contribution in [3.63, 3.8) is 0 Å². The highest BCUT2D eigenvalue weighted by Crippen LogP contribution is 2.21. The Labute approximate surface area is 94.2 Å². The Balaban J connectivity index is 2.45. The van der Waals surface area contributed by atoms with Crippen molar-refractivity contribution in [2.75, 3.05) is 7.11 Å². The molecule has 0 saturated carbocycles. The Kier molecular flexibility index (Phi) is 5.02. The zero-order chi connectivity index (χ0) is 12.0. The van der Waals surface area contributed by atoms with Gasteiger partial charge in [-0.05, 0) is 19.1 Å². The lowest BCUT2D eigenvalue weighted by Gasteiger charge is -2.14. The van der Waals surface area contributed by atoms with Crippen LogP contribution in [0.25, 0.3) is 0 Å². The summed E-state index contributed by atoms with van der Waals surface area (Å²) < 4.78 is 34.4. The van der Waals surface area contributed by atoms with Crippen molar-refractivity contribution in [3.8, 4) is 11.5 Å². The van der Waals surface area contributed by atoms with Gasteiger partial charge in [0, 0.05) is 18.9 Å². The van der Waals surface area contributed by atoms with Gasteiger partial charge in [0.25, 0.3) is 0 Å². The lowest BCUT2D eigenvalue weighted by molar-refractivity contribution is 0.135. The predicted octanol–water partition coefficient (Wildman–Crippen LogP) is 3.32. The van der Waals surface area contributed by atoms with E-state index in [9.17, 15) is 8.78 Å². The van der Waals surface area contributed by atoms with E-state index < -0.39 is 6.43 Å². The van der Waals surface area contributed by atoms with E-state index in [0.717, 1.165) is 0 Å². The van der Waals surface area contributed by atoms with Gasteiger partial charge in [-0.2, -0.15) is 0 Å². The molecule has 0 fully saturated rings. The molecule has 89 valence electrons. The highest BCUT2D eigenvalue weighted by molar-refractivity contribution is 5.33. The molecule has 0 N–H and O–H groups in total. The van der Waals surface area contributed by atoms with Crippen molar-refractivity contribution < 1.29 is 18.3 Å². The lowest BCUT2D eigenvalue weighted by Crippen LogP contribution is -2.14. The van der Waals surface area contributed by atoms with Gasteiger partial charge in [0.05, 0.1) is 13.2 Å². The third-order valence-electron chi connectivity index (χ3n) is 2.01. The van der Waals surface area contributed by atoms with E-state index in [4.69, 9.17) is 9.47 Å². The van der Waals surface area contributed by atoms with Crippen LogP contribution >= 0.6 is 0 Å². The topological polar surface area (TPSA) is 18.5 Å². The zero-order valence-corrected chi connectivity index (χ0v) is 9.32. The molecule has 0 aliphatic carbocycles. The maximum atomic E-state index is 11.9. The van der Waals surface area contributed by atoms with Gasteiger partial charge in [-0.25, -0.2) is 8.78 Å². The Morgan fingerprint density at radius 1 is 1.31 bits per heavy atom. The minimum absolute atomic E-state index is 0.259. The molecule has 1 aromatic carbocycles. The number of hydrogen-bond acceptors (Lipinski definition) is 2. The van der Waals surface area contributed by atoms with Crippen LogP contribution in [0.3, 0.4) is 0 Å². The van der Waals surface area contributed by atoms with Gasteiger partial charge >= 0.3 is 0 Å². The van der Waals surface area contributed by atoms with Gasteiger partial charge < -0.3 is 9.47 Å². The molecule has 16 heavy (non-hydrogen) atoms. The van der Waals surface area contributed by atoms with Crippen LogP contribution in [0.2, 0.25) is 0 Å². The van der Waals surface area contributed by atoms with E-state index in [1.807, 2.05) is 0 Å². The maximum absolute atomic E-state index is 11.9. The highest BCUT2D eigenvalue weighted by Gasteiger charge is 2.09. The number of benzene rings is 1. The second-order valence-corrected chi connectivity index (χ2v) is 3.36. The number of methoxy groups -OCH3 is 1. The molecule has 0 aromatic heterocycles. The summed E-state index contributed by atoms with van der Waals surface area (Å²) in [6.45, 7) is 1.72. The summed E-state index contributed by atoms with van der Waals surface area (Å²) in [6, 6.07) is 7.05. The maximum Gasteiger partial charge on any atom is 0.239 e. The van der Waals surface area contributed by atoms with Crippen LogP contribution in [0.1, 0.15) is 13.3 Å². The highest BCUT2D eigenvalue weighted by atomic mass is 19.3. The lowest BCUT2D eigenvalue weighted by atomic mass is 10.2. The van der Waals surface area contributed by atoms with Gasteiger partial charge in [0.1, 0.15) is 11.5 Å². The number of halogens is 2. The van der Waals surface area contributed by atoms with Crippen molar-refractivity contribution in [2.45, 2.75) is 25.9 Å². The first-order valence-electron chi connectivity index (χ1n) is 5.04. The van der Waals surface area contributed by atoms with Crippen molar-refractivity contribution in [1.29, 1.82) is 0 Å². The summed E-state index contributed by atoms with van der Waals surface area (Å²) in [4.78, 5) is 0. The molecule has 0 aliphatic heterocycles. The van der Waals surface area contributed by atoms with Gasteiger partial charge in [0.2, 0.25) is 6.43 Å². The summed E-state index contributed by atoms with van der Waals surface area (Å²) in [7, 11) is 1.56. The van der Waals surface area contributed by atoms with Crippen molar-refractivity contribution in [1.82, 2.24) is 0 Å². The average molecular weight is 229 g/mol. The molecule has 4 heteroatoms. The van der Waals surface area contributed by atoms with E-state index in [1.54, 1.807) is 38.3 Å². The van der Waals surface area contributed by atoms with E-state index >= 15 is 0 Å². The van der Waals surface area contributed by atoms with E-state index in [2.05, 4.69) is 0 Å². The van der Waals surface area contributed by atoms with Gasteiger partial charge in [-0.3, -0.25) is 0 Å². The summed E-state index contributed by atoms with van der Waals surface area (Å²) in [5.41, 5.74) is 0. The first-order valence-corrected chi connectivity index (χ1v) is 5.04. The monoisotopic (exact) mass is 229 g/mol. The summed E-state index contributed by atoms with van der Waals surface area (Å²) in [5.74, 6) is 1.29. The second-order valence-electron chi connectivity index (χ2n) is 3.36. The van der Waals surface area contributed by atoms with Crippen molar-refractivity contribution in [3.05, 3.63) is 30.7 Å². The standard InChI is InChI=1S/C12H15F2O2/c1-9(6-7-12(13)14)16-11-5-3-4-10(8-11)15-2/h3-6,8-9,12H,7H2,1-2H3. The fourth-order valence-corrected chi connectivity index (χ4v) is 1.23. The quantitative estimate of drug-likeness (QED) is 0.745. The summed E-state index contributed by atoms with van der Waals surface area (Å²) >= 11 is 0. The van der Waals surface area contributed by atoms with Crippen LogP contribution in [0.4, 0.5) is 8.78 Å². The minimum atomic E-state index is -2.32. The molecular weight excluding hydrogens is 214 g/mol. The van der Waals surface area contributed by atoms with Gasteiger partial charge in [-0.1, -0.05) is 6.07 Å². The minimum Gasteiger partial charge on any atom is -0.497 e. The summed E-state index contributed by atoms with van der Waals surface area (Å²) in [5, 5.41) is 0. The zero-order valence-electron chi connectivity index (χ0n) is 9.32. The molecule has 0 aliphatic rings. The first kappa shape index (κ1) is 12.7. The van der Waals surface area contributed by atoms with Crippen LogP contribution in [-0.2, 0) is 0 Å². The van der Waals surface area contributed by atoms with Crippen molar-refractivity contribution >= 4 is 0 Å². The molecule has 0 spiro atoms. The average Bonchev–Trinajstić information content (AvgIpc) is 2.26. The third kappa shape index (κ3) is 4.47. The third-order valence-corrected chi connectivity index (χ3v) is 2.01. The van der Waals surface area contributed by atoms with E-state index in [0.29, 0.717) is 11.5 Å². The second kappa shape index (κ2) is 6.30. The molecule has 0 heterocycles. The number of hydrogen-bond donors (Lipinski definition) is 0. The molecule has 2 nitrogen and oxygen atoms in total. The predicted molar refractivity (Wildman–Crippen MR) is 58.0 cm³/mol. The smallest absolute Gasteiger partial charge is 0.239 e. The molecule has 1 aromatic rings. The fraction of sp³-hybridized carbons (Fsp3) is 0.417. The fourth-order valence-electron chi connectivity index (χ4n) is 1.23. The Morgan fingerprint density at radius 3 is 2.62 bits per heavy atom. The number of ether oxygens (including phenoxy) is 2. The SMILES string of the molecule is COc1cccc(OC(C)[CH]CC(F)F)c1. The van der Waals surface area contributed by atoms with Crippen LogP contribution in [-0.4, -0.2) is 19.6 Å². The van der Waals surface area contributed by atoms with Crippen LogP contribution in [0, 0.1) is 6.42 Å². The van der Waals surface area contributed by atoms with E-state index in [1.165, 1.54) is 6.42 Å². The molecule has 0 bridgehead atoms. The Morgan fingerprint density at radius 2 is 2.00 bits per heavy atom. The molecule has 1 rings (SSSR count). The molecule has 0 amide bonds. The normalized spacial score (nSPS) is 12.6. The molecule has 1 unspecified atom stereocenters. The Hall–Kier alpha value is -1.32. The molecule has 1 radical (unpaired) electrons. The summed E-state index contributed by atoms with van der Waals surface area (Å²) in [6.07, 6.45) is -1.48. The van der Waals surface area contributed by atoms with Crippen molar-refractivity contribution in [2.24, 2.45) is 0 Å².